The quantitative estimate of drug-likeness (QED) is 0.241. The van der Waals surface area contributed by atoms with Crippen LogP contribution in [0.4, 0.5) is 0 Å². The van der Waals surface area contributed by atoms with Gasteiger partial charge in [0.15, 0.2) is 0 Å². The number of esters is 1. The summed E-state index contributed by atoms with van der Waals surface area (Å²) in [5.41, 5.74) is 6.35. The molecule has 0 radical (unpaired) electrons. The lowest BCUT2D eigenvalue weighted by Gasteiger charge is -2.19. The predicted octanol–water partition coefficient (Wildman–Crippen LogP) is 3.18. The zero-order chi connectivity index (χ0) is 22.5. The lowest BCUT2D eigenvalue weighted by Crippen LogP contribution is -2.41. The van der Waals surface area contributed by atoms with E-state index in [0.29, 0.717) is 36.0 Å². The van der Waals surface area contributed by atoms with Crippen LogP contribution in [0.2, 0.25) is 0 Å². The Hall–Kier alpha value is -1.64. The van der Waals surface area contributed by atoms with Gasteiger partial charge < -0.3 is 20.5 Å². The molecule has 8 heteroatoms. The van der Waals surface area contributed by atoms with Gasteiger partial charge in [-0.15, -0.1) is 0 Å². The number of amides is 1. The maximum atomic E-state index is 12.5. The van der Waals surface area contributed by atoms with Gasteiger partial charge in [0.1, 0.15) is 11.8 Å². The molecule has 0 aliphatic rings. The minimum absolute atomic E-state index is 0.0721. The molecule has 0 aliphatic carbocycles. The number of ether oxygens (including phenoxy) is 2. The topological polar surface area (TPSA) is 90.6 Å². The van der Waals surface area contributed by atoms with Crippen LogP contribution in [0.5, 0.6) is 5.75 Å². The maximum absolute atomic E-state index is 12.5. The largest absolute Gasteiger partial charge is 0.493 e. The van der Waals surface area contributed by atoms with E-state index < -0.39 is 12.0 Å². The Kier molecular flexibility index (Phi) is 12.7. The molecule has 1 aromatic rings. The Morgan fingerprint density at radius 1 is 1.23 bits per heavy atom. The minimum Gasteiger partial charge on any atom is -0.493 e. The summed E-state index contributed by atoms with van der Waals surface area (Å²) in [7, 11) is 1.32. The van der Waals surface area contributed by atoms with Crippen LogP contribution in [0, 0.1) is 11.8 Å². The first-order valence-corrected chi connectivity index (χ1v) is 12.0. The first-order chi connectivity index (χ1) is 14.3. The fourth-order valence-corrected chi connectivity index (χ4v) is 3.17. The molecule has 0 aromatic heterocycles. The normalized spacial score (nSPS) is 14.4. The zero-order valence-electron chi connectivity index (χ0n) is 18.2. The molecule has 3 unspecified atom stereocenters. The molecular formula is C22H34N2O4S2. The van der Waals surface area contributed by atoms with E-state index in [1.165, 1.54) is 7.11 Å². The average Bonchev–Trinajstić information content (AvgIpc) is 2.75. The van der Waals surface area contributed by atoms with Crippen LogP contribution in [0.15, 0.2) is 36.4 Å². The van der Waals surface area contributed by atoms with E-state index in [4.69, 9.17) is 15.2 Å². The maximum Gasteiger partial charge on any atom is 0.328 e. The SMILES string of the molecule is COC(=O)C(CCSC)NC(=O)c1ccc(OCC(/C=C/C(N)CS)C(C)C)cc1. The lowest BCUT2D eigenvalue weighted by atomic mass is 9.96. The highest BCUT2D eigenvalue weighted by Gasteiger charge is 2.21. The van der Waals surface area contributed by atoms with Crippen LogP contribution in [0.25, 0.3) is 0 Å². The van der Waals surface area contributed by atoms with Gasteiger partial charge in [0, 0.05) is 23.3 Å². The third-order valence-electron chi connectivity index (χ3n) is 4.63. The van der Waals surface area contributed by atoms with Gasteiger partial charge in [-0.3, -0.25) is 4.79 Å². The number of hydrogen-bond donors (Lipinski definition) is 3. The van der Waals surface area contributed by atoms with E-state index in [1.807, 2.05) is 12.3 Å². The molecule has 0 aliphatic heterocycles. The summed E-state index contributed by atoms with van der Waals surface area (Å²) >= 11 is 5.80. The van der Waals surface area contributed by atoms with Crippen molar-refractivity contribution in [1.82, 2.24) is 5.32 Å². The fraction of sp³-hybridized carbons (Fsp3) is 0.545. The van der Waals surface area contributed by atoms with Crippen LogP contribution in [-0.4, -0.2) is 55.4 Å². The molecule has 0 saturated heterocycles. The number of nitrogens with two attached hydrogens (primary N) is 1. The van der Waals surface area contributed by atoms with E-state index in [9.17, 15) is 9.59 Å². The molecule has 1 amide bonds. The van der Waals surface area contributed by atoms with Crippen LogP contribution in [-0.2, 0) is 9.53 Å². The molecule has 168 valence electrons. The van der Waals surface area contributed by atoms with Crippen molar-refractivity contribution in [1.29, 1.82) is 0 Å². The summed E-state index contributed by atoms with van der Waals surface area (Å²) in [4.78, 5) is 24.4. The first-order valence-electron chi connectivity index (χ1n) is 9.97. The third-order valence-corrected chi connectivity index (χ3v) is 5.70. The van der Waals surface area contributed by atoms with Crippen molar-refractivity contribution in [3.8, 4) is 5.75 Å². The Bertz CT molecular complexity index is 680. The van der Waals surface area contributed by atoms with Crippen LogP contribution < -0.4 is 15.8 Å². The number of methoxy groups -OCH3 is 1. The highest BCUT2D eigenvalue weighted by molar-refractivity contribution is 7.98. The first kappa shape index (κ1) is 26.4. The molecule has 1 aromatic carbocycles. The zero-order valence-corrected chi connectivity index (χ0v) is 19.9. The van der Waals surface area contributed by atoms with Crippen molar-refractivity contribution in [3.05, 3.63) is 42.0 Å². The van der Waals surface area contributed by atoms with Crippen LogP contribution in [0.1, 0.15) is 30.6 Å². The second kappa shape index (κ2) is 14.4. The van der Waals surface area contributed by atoms with E-state index in [1.54, 1.807) is 36.0 Å². The molecule has 0 fully saturated rings. The molecule has 0 saturated carbocycles. The van der Waals surface area contributed by atoms with Crippen molar-refractivity contribution in [2.24, 2.45) is 17.6 Å². The number of rotatable bonds is 13. The highest BCUT2D eigenvalue weighted by atomic mass is 32.2. The van der Waals surface area contributed by atoms with Gasteiger partial charge >= 0.3 is 5.97 Å². The second-order valence-electron chi connectivity index (χ2n) is 7.31. The molecule has 0 spiro atoms. The van der Waals surface area contributed by atoms with Gasteiger partial charge in [-0.2, -0.15) is 24.4 Å². The van der Waals surface area contributed by atoms with Gasteiger partial charge in [-0.25, -0.2) is 4.79 Å². The standard InChI is InChI=1S/C22H34N2O4S2/c1-15(2)17(5-8-18(23)14-29)13-28-19-9-6-16(7-10-19)21(25)24-20(11-12-30-4)22(26)27-3/h5-10,15,17-18,20,29H,11-14,23H2,1-4H3,(H,24,25)/b8-5+. The number of thioether (sulfide) groups is 1. The predicted molar refractivity (Wildman–Crippen MR) is 128 cm³/mol. The summed E-state index contributed by atoms with van der Waals surface area (Å²) in [6, 6.07) is 6.15. The third kappa shape index (κ3) is 9.45. The molecular weight excluding hydrogens is 420 g/mol. The van der Waals surface area contributed by atoms with Crippen molar-refractivity contribution >= 4 is 36.3 Å². The summed E-state index contributed by atoms with van der Waals surface area (Å²) < 4.78 is 10.7. The molecule has 3 atom stereocenters. The van der Waals surface area contributed by atoms with E-state index in [-0.39, 0.29) is 17.9 Å². The van der Waals surface area contributed by atoms with E-state index in [2.05, 4.69) is 37.9 Å². The van der Waals surface area contributed by atoms with Crippen molar-refractivity contribution in [2.75, 3.05) is 31.5 Å². The van der Waals surface area contributed by atoms with Crippen molar-refractivity contribution < 1.29 is 19.1 Å². The van der Waals surface area contributed by atoms with Crippen LogP contribution in [0.3, 0.4) is 0 Å². The molecule has 1 rings (SSSR count). The molecule has 0 heterocycles. The highest BCUT2D eigenvalue weighted by Crippen LogP contribution is 2.18. The van der Waals surface area contributed by atoms with Gasteiger partial charge in [0.05, 0.1) is 13.7 Å². The number of thiol groups is 1. The Labute approximate surface area is 189 Å². The number of carbonyl (C=O) groups excluding carboxylic acids is 2. The molecule has 30 heavy (non-hydrogen) atoms. The van der Waals surface area contributed by atoms with Gasteiger partial charge in [-0.05, 0) is 48.6 Å². The van der Waals surface area contributed by atoms with Crippen LogP contribution >= 0.6 is 24.4 Å². The number of hydrogen-bond acceptors (Lipinski definition) is 7. The molecule has 0 bridgehead atoms. The van der Waals surface area contributed by atoms with E-state index in [0.717, 1.165) is 5.75 Å². The Morgan fingerprint density at radius 3 is 2.43 bits per heavy atom. The second-order valence-corrected chi connectivity index (χ2v) is 8.66. The lowest BCUT2D eigenvalue weighted by molar-refractivity contribution is -0.142. The Balaban J connectivity index is 2.69. The summed E-state index contributed by atoms with van der Waals surface area (Å²) in [5.74, 6) is 1.88. The molecule has 3 N–H and O–H groups in total. The van der Waals surface area contributed by atoms with Gasteiger partial charge in [0.2, 0.25) is 0 Å². The monoisotopic (exact) mass is 454 g/mol. The summed E-state index contributed by atoms with van der Waals surface area (Å²) in [6.07, 6.45) is 6.50. The fourth-order valence-electron chi connectivity index (χ4n) is 2.58. The smallest absolute Gasteiger partial charge is 0.328 e. The van der Waals surface area contributed by atoms with Gasteiger partial charge in [-0.1, -0.05) is 26.0 Å². The average molecular weight is 455 g/mol. The number of benzene rings is 1. The van der Waals surface area contributed by atoms with E-state index >= 15 is 0 Å². The summed E-state index contributed by atoms with van der Waals surface area (Å²) in [6.45, 7) is 4.78. The minimum atomic E-state index is -0.659. The van der Waals surface area contributed by atoms with Gasteiger partial charge in [0.25, 0.3) is 5.91 Å². The number of nitrogens with one attached hydrogen (secondary N) is 1. The van der Waals surface area contributed by atoms with Crippen molar-refractivity contribution in [2.45, 2.75) is 32.4 Å². The Morgan fingerprint density at radius 2 is 1.90 bits per heavy atom. The number of carbonyl (C=O) groups is 2. The summed E-state index contributed by atoms with van der Waals surface area (Å²) in [5, 5.41) is 2.74. The molecule has 6 nitrogen and oxygen atoms in total. The van der Waals surface area contributed by atoms with Crippen molar-refractivity contribution in [3.63, 3.8) is 0 Å².